The fraction of sp³-hybridized carbons (Fsp3) is 0.484. The number of likely N-dealkylation sites (tertiary alicyclic amines) is 1. The Morgan fingerprint density at radius 2 is 2.02 bits per heavy atom. The monoisotopic (exact) mass is 579 g/mol. The van der Waals surface area contributed by atoms with Crippen LogP contribution in [0.5, 0.6) is 5.75 Å². The molecular weight excluding hydrogens is 538 g/mol. The number of carbonyl (C=O) groups is 2. The minimum atomic E-state index is -2.86. The largest absolute Gasteiger partial charge is 0.490 e. The lowest BCUT2D eigenvalue weighted by atomic mass is 9.86. The second-order valence-corrected chi connectivity index (χ2v) is 16.0. The summed E-state index contributed by atoms with van der Waals surface area (Å²) in [6.07, 6.45) is 3.16. The summed E-state index contributed by atoms with van der Waals surface area (Å²) >= 11 is 0. The maximum absolute atomic E-state index is 13.3. The van der Waals surface area contributed by atoms with Crippen molar-refractivity contribution in [2.45, 2.75) is 69.5 Å². The molecule has 1 aromatic heterocycles. The number of aromatic amines is 1. The Hall–Kier alpha value is -3.18. The number of ether oxygens (including phenoxy) is 2. The van der Waals surface area contributed by atoms with Crippen LogP contribution in [0.4, 0.5) is 5.69 Å². The Balaban J connectivity index is 1.34. The van der Waals surface area contributed by atoms with E-state index in [-0.39, 0.29) is 54.9 Å². The van der Waals surface area contributed by atoms with E-state index in [0.29, 0.717) is 18.0 Å². The average molecular weight is 580 g/mol. The zero-order valence-corrected chi connectivity index (χ0v) is 25.2. The summed E-state index contributed by atoms with van der Waals surface area (Å²) in [6, 6.07) is 13.3. The third kappa shape index (κ3) is 6.06. The molecule has 2 aliphatic rings. The number of H-pyrrole nitrogens is 1. The molecule has 3 heterocycles. The Bertz CT molecular complexity index is 1400. The number of carbonyl (C=O) groups excluding carboxylic acids is 2. The number of hydrogen-bond donors (Lipinski definition) is 4. The summed E-state index contributed by atoms with van der Waals surface area (Å²) in [5.74, 6) is 0.291. The van der Waals surface area contributed by atoms with Crippen LogP contribution >= 0.6 is 0 Å². The van der Waals surface area contributed by atoms with Gasteiger partial charge in [0.2, 0.25) is 11.8 Å². The number of rotatable bonds is 9. The van der Waals surface area contributed by atoms with E-state index in [9.17, 15) is 19.5 Å². The third-order valence-corrected chi connectivity index (χ3v) is 11.1. The van der Waals surface area contributed by atoms with E-state index < -0.39 is 14.4 Å². The van der Waals surface area contributed by atoms with E-state index >= 15 is 0 Å². The highest BCUT2D eigenvalue weighted by Crippen LogP contribution is 2.47. The van der Waals surface area contributed by atoms with E-state index in [4.69, 9.17) is 9.47 Å². The van der Waals surface area contributed by atoms with Crippen molar-refractivity contribution in [3.63, 3.8) is 0 Å². The Morgan fingerprint density at radius 3 is 2.76 bits per heavy atom. The summed E-state index contributed by atoms with van der Waals surface area (Å²) in [7, 11) is -1.21. The number of methoxy groups -OCH3 is 1. The van der Waals surface area contributed by atoms with E-state index in [0.717, 1.165) is 34.9 Å². The molecule has 5 atom stereocenters. The van der Waals surface area contributed by atoms with Crippen molar-refractivity contribution < 1.29 is 29.0 Å². The van der Waals surface area contributed by atoms with Crippen molar-refractivity contribution >= 4 is 36.7 Å². The van der Waals surface area contributed by atoms with Gasteiger partial charge in [0, 0.05) is 59.9 Å². The van der Waals surface area contributed by atoms with Gasteiger partial charge in [-0.3, -0.25) is 9.59 Å². The standard InChI is InChI=1S/C31H41N3O6Si/c1-19-30(39-2)24-15-21(33-28(36)14-20-17-32-25-10-6-5-9-23(20)25)11-12-26(24)40-31(19)27(41(3,4)38)16-29(37)34-13-7-8-22(34)18-35/h5-6,9-12,15,17,19,22,27,30-32,35,38H,7-8,13-14,16,18H2,1-4H3,(H,33,36)/t19-,22-,27?,30-,31-/m0/s1. The maximum Gasteiger partial charge on any atom is 0.228 e. The highest BCUT2D eigenvalue weighted by molar-refractivity contribution is 6.71. The summed E-state index contributed by atoms with van der Waals surface area (Å²) in [6.45, 7) is 6.29. The number of benzene rings is 2. The van der Waals surface area contributed by atoms with Gasteiger partial charge in [-0.2, -0.15) is 0 Å². The van der Waals surface area contributed by atoms with Crippen LogP contribution in [0.15, 0.2) is 48.7 Å². The Kier molecular flexibility index (Phi) is 8.56. The van der Waals surface area contributed by atoms with Crippen molar-refractivity contribution in [2.75, 3.05) is 25.6 Å². The van der Waals surface area contributed by atoms with Crippen LogP contribution in [0.2, 0.25) is 18.6 Å². The number of aliphatic hydroxyl groups excluding tert-OH is 1. The third-order valence-electron chi connectivity index (χ3n) is 8.75. The summed E-state index contributed by atoms with van der Waals surface area (Å²) in [4.78, 5) is 42.6. The fourth-order valence-corrected chi connectivity index (χ4v) is 8.39. The van der Waals surface area contributed by atoms with Gasteiger partial charge in [-0.15, -0.1) is 0 Å². The van der Waals surface area contributed by atoms with Crippen molar-refractivity contribution in [3.8, 4) is 5.75 Å². The number of fused-ring (bicyclic) bond motifs is 2. The predicted octanol–water partition coefficient (Wildman–Crippen LogP) is 4.37. The molecule has 3 aromatic rings. The molecule has 0 aliphatic carbocycles. The van der Waals surface area contributed by atoms with E-state index in [1.165, 1.54) is 0 Å². The maximum atomic E-state index is 13.3. The minimum absolute atomic E-state index is 0.0491. The first-order valence-corrected chi connectivity index (χ1v) is 17.4. The number of nitrogens with zero attached hydrogens (tertiary/aromatic N) is 1. The second-order valence-electron chi connectivity index (χ2n) is 12.0. The summed E-state index contributed by atoms with van der Waals surface area (Å²) < 4.78 is 12.5. The predicted molar refractivity (Wildman–Crippen MR) is 160 cm³/mol. The number of hydrogen-bond acceptors (Lipinski definition) is 6. The van der Waals surface area contributed by atoms with Gasteiger partial charge in [0.05, 0.1) is 25.2 Å². The van der Waals surface area contributed by atoms with Crippen LogP contribution in [-0.2, 0) is 20.7 Å². The van der Waals surface area contributed by atoms with Gasteiger partial charge in [0.15, 0.2) is 8.32 Å². The molecule has 2 aromatic carbocycles. The molecule has 0 spiro atoms. The molecule has 41 heavy (non-hydrogen) atoms. The van der Waals surface area contributed by atoms with Crippen LogP contribution in [0.1, 0.15) is 43.4 Å². The fourth-order valence-electron chi connectivity index (χ4n) is 6.54. The van der Waals surface area contributed by atoms with Gasteiger partial charge in [-0.1, -0.05) is 25.1 Å². The smallest absolute Gasteiger partial charge is 0.228 e. The highest BCUT2D eigenvalue weighted by atomic mass is 28.4. The van der Waals surface area contributed by atoms with Crippen LogP contribution in [0, 0.1) is 5.92 Å². The number of nitrogens with one attached hydrogen (secondary N) is 2. The number of aromatic nitrogens is 1. The molecule has 2 aliphatic heterocycles. The van der Waals surface area contributed by atoms with Gasteiger partial charge >= 0.3 is 0 Å². The lowest BCUT2D eigenvalue weighted by molar-refractivity contribution is -0.133. The molecule has 1 fully saturated rings. The zero-order chi connectivity index (χ0) is 29.3. The minimum Gasteiger partial charge on any atom is -0.490 e. The molecule has 9 nitrogen and oxygen atoms in total. The second kappa shape index (κ2) is 12.0. The number of para-hydroxylation sites is 1. The van der Waals surface area contributed by atoms with Gasteiger partial charge in [0.25, 0.3) is 0 Å². The normalized spacial score (nSPS) is 23.2. The van der Waals surface area contributed by atoms with Crippen LogP contribution in [0.3, 0.4) is 0 Å². The molecule has 0 bridgehead atoms. The van der Waals surface area contributed by atoms with Gasteiger partial charge in [-0.05, 0) is 55.8 Å². The van der Waals surface area contributed by atoms with E-state index in [1.54, 1.807) is 12.0 Å². The van der Waals surface area contributed by atoms with Crippen LogP contribution in [-0.4, -0.2) is 72.3 Å². The molecular formula is C31H41N3O6Si. The quantitative estimate of drug-likeness (QED) is 0.279. The first-order valence-electron chi connectivity index (χ1n) is 14.4. The van der Waals surface area contributed by atoms with E-state index in [1.807, 2.05) is 68.7 Å². The lowest BCUT2D eigenvalue weighted by Gasteiger charge is -2.44. The molecule has 4 N–H and O–H groups in total. The lowest BCUT2D eigenvalue weighted by Crippen LogP contribution is -2.50. The number of anilines is 1. The molecule has 5 rings (SSSR count). The van der Waals surface area contributed by atoms with Crippen molar-refractivity contribution in [1.29, 1.82) is 0 Å². The average Bonchev–Trinajstić information content (AvgIpc) is 3.58. The molecule has 220 valence electrons. The first kappa shape index (κ1) is 29.3. The number of aliphatic hydroxyl groups is 1. The van der Waals surface area contributed by atoms with Crippen molar-refractivity contribution in [2.24, 2.45) is 5.92 Å². The molecule has 0 saturated carbocycles. The van der Waals surface area contributed by atoms with Crippen molar-refractivity contribution in [3.05, 3.63) is 59.8 Å². The van der Waals surface area contributed by atoms with Crippen LogP contribution in [0.25, 0.3) is 10.9 Å². The Labute approximate surface area is 242 Å². The molecule has 10 heteroatoms. The molecule has 2 amide bonds. The molecule has 1 unspecified atom stereocenters. The van der Waals surface area contributed by atoms with Gasteiger partial charge in [-0.25, -0.2) is 0 Å². The Morgan fingerprint density at radius 1 is 1.24 bits per heavy atom. The van der Waals surface area contributed by atoms with Gasteiger partial charge < -0.3 is 34.6 Å². The first-order chi connectivity index (χ1) is 19.6. The summed E-state index contributed by atoms with van der Waals surface area (Å²) in [5, 5.41) is 13.8. The van der Waals surface area contributed by atoms with Gasteiger partial charge in [0.1, 0.15) is 11.9 Å². The molecule has 0 radical (unpaired) electrons. The summed E-state index contributed by atoms with van der Waals surface area (Å²) in [5.41, 5.74) is 3.03. The SMILES string of the molecule is CO[C@@H]1c2cc(NC(=O)Cc3c[nH]c4ccccc34)ccc2O[C@H](C(CC(=O)N2CCC[C@H]2CO)[Si](C)(C)O)[C@H]1C. The molecule has 1 saturated heterocycles. The number of amides is 2. The van der Waals surface area contributed by atoms with Crippen molar-refractivity contribution in [1.82, 2.24) is 9.88 Å². The highest BCUT2D eigenvalue weighted by Gasteiger charge is 2.48. The zero-order valence-electron chi connectivity index (χ0n) is 24.2. The van der Waals surface area contributed by atoms with Crippen LogP contribution < -0.4 is 10.1 Å². The topological polar surface area (TPSA) is 124 Å². The van der Waals surface area contributed by atoms with E-state index in [2.05, 4.69) is 10.3 Å².